The second-order valence-corrected chi connectivity index (χ2v) is 8.37. The molecule has 1 saturated heterocycles. The summed E-state index contributed by atoms with van der Waals surface area (Å²) in [6, 6.07) is 5.22. The highest BCUT2D eigenvalue weighted by atomic mass is 16.2. The van der Waals surface area contributed by atoms with Crippen molar-refractivity contribution in [3.8, 4) is 0 Å². The number of piperidine rings is 1. The number of primary amides is 1. The SMILES string of the molecule is NC(=O)CN1CCC(NC(=O)c2ccc3c(=O)n4c(nc3c2)CCCCCC4)CC1. The normalized spacial score (nSPS) is 18.4. The summed E-state index contributed by atoms with van der Waals surface area (Å²) in [5.74, 6) is 0.344. The van der Waals surface area contributed by atoms with E-state index in [9.17, 15) is 14.4 Å². The monoisotopic (exact) mass is 411 g/mol. The van der Waals surface area contributed by atoms with E-state index in [1.807, 2.05) is 4.90 Å². The summed E-state index contributed by atoms with van der Waals surface area (Å²) in [5.41, 5.74) is 6.35. The maximum atomic E-state index is 12.9. The molecule has 4 rings (SSSR count). The quantitative estimate of drug-likeness (QED) is 0.785. The van der Waals surface area contributed by atoms with Crippen molar-refractivity contribution in [1.82, 2.24) is 19.8 Å². The fourth-order valence-corrected chi connectivity index (χ4v) is 4.46. The number of nitrogens with zero attached hydrogens (tertiary/aromatic N) is 3. The molecule has 0 radical (unpaired) electrons. The second kappa shape index (κ2) is 8.95. The highest BCUT2D eigenvalue weighted by molar-refractivity contribution is 5.97. The predicted octanol–water partition coefficient (Wildman–Crippen LogP) is 1.19. The van der Waals surface area contributed by atoms with E-state index in [0.717, 1.165) is 63.9 Å². The van der Waals surface area contributed by atoms with Crippen LogP contribution in [0, 0.1) is 0 Å². The van der Waals surface area contributed by atoms with Gasteiger partial charge in [0.25, 0.3) is 11.5 Å². The van der Waals surface area contributed by atoms with Gasteiger partial charge in [0.05, 0.1) is 17.4 Å². The van der Waals surface area contributed by atoms with Gasteiger partial charge in [-0.25, -0.2) is 4.98 Å². The largest absolute Gasteiger partial charge is 0.369 e. The van der Waals surface area contributed by atoms with Crippen molar-refractivity contribution >= 4 is 22.7 Å². The van der Waals surface area contributed by atoms with Crippen LogP contribution in [-0.2, 0) is 17.8 Å². The Morgan fingerprint density at radius 2 is 1.87 bits per heavy atom. The topological polar surface area (TPSA) is 110 Å². The Kier molecular flexibility index (Phi) is 6.13. The molecule has 0 bridgehead atoms. The van der Waals surface area contributed by atoms with Gasteiger partial charge in [0, 0.05) is 37.7 Å². The molecule has 0 saturated carbocycles. The molecule has 0 unspecified atom stereocenters. The Hall–Kier alpha value is -2.74. The summed E-state index contributed by atoms with van der Waals surface area (Å²) in [5, 5.41) is 3.64. The summed E-state index contributed by atoms with van der Waals surface area (Å²) >= 11 is 0. The van der Waals surface area contributed by atoms with E-state index in [2.05, 4.69) is 5.32 Å². The van der Waals surface area contributed by atoms with Gasteiger partial charge in [0.15, 0.2) is 0 Å². The van der Waals surface area contributed by atoms with E-state index >= 15 is 0 Å². The second-order valence-electron chi connectivity index (χ2n) is 8.37. The van der Waals surface area contributed by atoms with Crippen molar-refractivity contribution in [3.05, 3.63) is 39.9 Å². The number of likely N-dealkylation sites (tertiary alicyclic amines) is 1. The summed E-state index contributed by atoms with van der Waals surface area (Å²) < 4.78 is 1.81. The maximum absolute atomic E-state index is 12.9. The highest BCUT2D eigenvalue weighted by Crippen LogP contribution is 2.17. The van der Waals surface area contributed by atoms with Crippen molar-refractivity contribution in [2.24, 2.45) is 5.73 Å². The maximum Gasteiger partial charge on any atom is 0.261 e. The van der Waals surface area contributed by atoms with Crippen LogP contribution in [0.1, 0.15) is 54.7 Å². The number of fused-ring (bicyclic) bond motifs is 2. The molecule has 2 aromatic rings. The van der Waals surface area contributed by atoms with Crippen LogP contribution in [0.5, 0.6) is 0 Å². The summed E-state index contributed by atoms with van der Waals surface area (Å²) in [6.07, 6.45) is 6.69. The Bertz CT molecular complexity index is 1010. The lowest BCUT2D eigenvalue weighted by Gasteiger charge is -2.31. The number of nitrogens with two attached hydrogens (primary N) is 1. The van der Waals surface area contributed by atoms with E-state index in [1.54, 1.807) is 22.8 Å². The fourth-order valence-electron chi connectivity index (χ4n) is 4.46. The molecule has 0 spiro atoms. The Balaban J connectivity index is 1.49. The highest BCUT2D eigenvalue weighted by Gasteiger charge is 2.22. The molecule has 2 amide bonds. The van der Waals surface area contributed by atoms with Crippen LogP contribution in [0.15, 0.2) is 23.0 Å². The minimum atomic E-state index is -0.328. The standard InChI is InChI=1S/C22H29N5O3/c23-19(28)14-26-11-8-16(9-12-26)24-21(29)15-6-7-17-18(13-15)25-20-5-3-1-2-4-10-27(20)22(17)30/h6-7,13,16H,1-5,8-12,14H2,(H2,23,28)(H,24,29). The molecule has 30 heavy (non-hydrogen) atoms. The minimum Gasteiger partial charge on any atom is -0.369 e. The van der Waals surface area contributed by atoms with Crippen molar-refractivity contribution in [2.45, 2.75) is 57.5 Å². The number of amides is 2. The number of aryl methyl sites for hydroxylation is 1. The van der Waals surface area contributed by atoms with Gasteiger partial charge in [-0.1, -0.05) is 12.8 Å². The van der Waals surface area contributed by atoms with Crippen LogP contribution in [0.2, 0.25) is 0 Å². The molecule has 2 aliphatic rings. The lowest BCUT2D eigenvalue weighted by atomic mass is 10.0. The van der Waals surface area contributed by atoms with Gasteiger partial charge in [0.2, 0.25) is 5.91 Å². The van der Waals surface area contributed by atoms with Crippen LogP contribution in [-0.4, -0.2) is 51.9 Å². The van der Waals surface area contributed by atoms with Gasteiger partial charge < -0.3 is 11.1 Å². The fraction of sp³-hybridized carbons (Fsp3) is 0.545. The van der Waals surface area contributed by atoms with Gasteiger partial charge in [-0.2, -0.15) is 0 Å². The van der Waals surface area contributed by atoms with Gasteiger partial charge in [-0.3, -0.25) is 23.9 Å². The van der Waals surface area contributed by atoms with Crippen molar-refractivity contribution in [2.75, 3.05) is 19.6 Å². The predicted molar refractivity (Wildman–Crippen MR) is 114 cm³/mol. The number of benzene rings is 1. The number of hydrogen-bond donors (Lipinski definition) is 2. The molecular formula is C22H29N5O3. The van der Waals surface area contributed by atoms with E-state index in [0.29, 0.717) is 23.0 Å². The summed E-state index contributed by atoms with van der Waals surface area (Å²) in [7, 11) is 0. The molecule has 1 fully saturated rings. The molecule has 160 valence electrons. The van der Waals surface area contributed by atoms with Crippen molar-refractivity contribution in [1.29, 1.82) is 0 Å². The van der Waals surface area contributed by atoms with Crippen LogP contribution >= 0.6 is 0 Å². The van der Waals surface area contributed by atoms with Gasteiger partial charge in [-0.15, -0.1) is 0 Å². The number of aromatic nitrogens is 2. The van der Waals surface area contributed by atoms with Gasteiger partial charge >= 0.3 is 0 Å². The first kappa shape index (κ1) is 20.5. The Morgan fingerprint density at radius 3 is 2.63 bits per heavy atom. The lowest BCUT2D eigenvalue weighted by Crippen LogP contribution is -2.46. The van der Waals surface area contributed by atoms with Gasteiger partial charge in [-0.05, 0) is 43.9 Å². The number of nitrogens with one attached hydrogen (secondary N) is 1. The summed E-state index contributed by atoms with van der Waals surface area (Å²) in [6.45, 7) is 2.44. The van der Waals surface area contributed by atoms with Gasteiger partial charge in [0.1, 0.15) is 5.82 Å². The first-order valence-corrected chi connectivity index (χ1v) is 10.9. The molecule has 3 N–H and O–H groups in total. The molecule has 8 nitrogen and oxygen atoms in total. The zero-order chi connectivity index (χ0) is 21.1. The third-order valence-corrected chi connectivity index (χ3v) is 6.13. The van der Waals surface area contributed by atoms with Crippen molar-refractivity contribution < 1.29 is 9.59 Å². The molecule has 8 heteroatoms. The molecule has 0 aliphatic carbocycles. The van der Waals surface area contributed by atoms with E-state index in [-0.39, 0.29) is 30.0 Å². The zero-order valence-corrected chi connectivity index (χ0v) is 17.2. The number of carbonyl (C=O) groups excluding carboxylic acids is 2. The molecule has 0 atom stereocenters. The average molecular weight is 412 g/mol. The molecule has 1 aromatic heterocycles. The van der Waals surface area contributed by atoms with Crippen LogP contribution in [0.4, 0.5) is 0 Å². The lowest BCUT2D eigenvalue weighted by molar-refractivity contribution is -0.119. The van der Waals surface area contributed by atoms with E-state index in [1.165, 1.54) is 0 Å². The Labute approximate surface area is 175 Å². The molecular weight excluding hydrogens is 382 g/mol. The van der Waals surface area contributed by atoms with Crippen LogP contribution < -0.4 is 16.6 Å². The van der Waals surface area contributed by atoms with Crippen molar-refractivity contribution in [3.63, 3.8) is 0 Å². The Morgan fingerprint density at radius 1 is 1.10 bits per heavy atom. The first-order chi connectivity index (χ1) is 14.5. The van der Waals surface area contributed by atoms with E-state index in [4.69, 9.17) is 10.7 Å². The minimum absolute atomic E-state index is 0.00863. The number of hydrogen-bond acceptors (Lipinski definition) is 5. The molecule has 3 heterocycles. The number of carbonyl (C=O) groups is 2. The van der Waals surface area contributed by atoms with E-state index < -0.39 is 0 Å². The smallest absolute Gasteiger partial charge is 0.261 e. The molecule has 2 aliphatic heterocycles. The average Bonchev–Trinajstić information content (AvgIpc) is 2.70. The molecule has 1 aromatic carbocycles. The van der Waals surface area contributed by atoms with Crippen LogP contribution in [0.25, 0.3) is 10.9 Å². The third kappa shape index (κ3) is 4.53. The zero-order valence-electron chi connectivity index (χ0n) is 17.2. The van der Waals surface area contributed by atoms with Crippen LogP contribution in [0.3, 0.4) is 0 Å². The number of rotatable bonds is 4. The first-order valence-electron chi connectivity index (χ1n) is 10.9. The third-order valence-electron chi connectivity index (χ3n) is 6.13. The summed E-state index contributed by atoms with van der Waals surface area (Å²) in [4.78, 5) is 43.5.